The van der Waals surface area contributed by atoms with Gasteiger partial charge in [-0.15, -0.1) is 0 Å². The maximum Gasteiger partial charge on any atom is 0.278 e. The third-order valence-electron chi connectivity index (χ3n) is 3.17. The first-order valence-electron chi connectivity index (χ1n) is 5.96. The summed E-state index contributed by atoms with van der Waals surface area (Å²) >= 11 is 0. The van der Waals surface area contributed by atoms with Gasteiger partial charge in [-0.3, -0.25) is 9.89 Å². The average molecular weight is 242 g/mol. The highest BCUT2D eigenvalue weighted by atomic mass is 16.2. The molecule has 3 N–H and O–H groups in total. The summed E-state index contributed by atoms with van der Waals surface area (Å²) in [6.07, 6.45) is 1.99. The fourth-order valence-electron chi connectivity index (χ4n) is 2.33. The molecule has 0 atom stereocenters. The van der Waals surface area contributed by atoms with E-state index >= 15 is 0 Å². The number of H-pyrrole nitrogens is 1. The van der Waals surface area contributed by atoms with E-state index in [0.29, 0.717) is 11.5 Å². The van der Waals surface area contributed by atoms with Gasteiger partial charge in [0, 0.05) is 18.3 Å². The number of carbonyl (C=O) groups excluding carboxylic acids is 1. The number of aromatic amines is 1. The van der Waals surface area contributed by atoms with Gasteiger partial charge in [0.1, 0.15) is 5.82 Å². The lowest BCUT2D eigenvalue weighted by molar-refractivity contribution is 0.0980. The Bertz CT molecular complexity index is 590. The van der Waals surface area contributed by atoms with Gasteiger partial charge in [0.25, 0.3) is 5.91 Å². The fourth-order valence-corrected chi connectivity index (χ4v) is 2.33. The standard InChI is InChI=1S/C13H14N4O/c14-12-8-10(15-16-12)13(18)17-7-3-5-9-4-1-2-6-11(9)17/h1-2,4,6,8H,3,5,7H2,(H3,14,15,16). The predicted octanol–water partition coefficient (Wildman–Crippen LogP) is 1.58. The Hall–Kier alpha value is -2.30. The van der Waals surface area contributed by atoms with E-state index < -0.39 is 0 Å². The minimum atomic E-state index is -0.102. The third kappa shape index (κ3) is 1.73. The molecular formula is C13H14N4O. The van der Waals surface area contributed by atoms with Crippen LogP contribution in [0.15, 0.2) is 30.3 Å². The van der Waals surface area contributed by atoms with Gasteiger partial charge in [0.2, 0.25) is 0 Å². The minimum absolute atomic E-state index is 0.102. The number of hydrogen-bond acceptors (Lipinski definition) is 3. The smallest absolute Gasteiger partial charge is 0.278 e. The van der Waals surface area contributed by atoms with E-state index in [1.165, 1.54) is 5.56 Å². The molecule has 0 spiro atoms. The monoisotopic (exact) mass is 242 g/mol. The second kappa shape index (κ2) is 4.18. The zero-order valence-electron chi connectivity index (χ0n) is 9.89. The number of aromatic nitrogens is 2. The molecule has 0 fully saturated rings. The normalized spacial score (nSPS) is 14.3. The van der Waals surface area contributed by atoms with Crippen molar-refractivity contribution in [2.24, 2.45) is 0 Å². The number of anilines is 2. The number of rotatable bonds is 1. The van der Waals surface area contributed by atoms with Crippen LogP contribution in [0, 0.1) is 0 Å². The van der Waals surface area contributed by atoms with Crippen molar-refractivity contribution in [2.45, 2.75) is 12.8 Å². The van der Waals surface area contributed by atoms with Crippen molar-refractivity contribution in [3.05, 3.63) is 41.6 Å². The molecule has 18 heavy (non-hydrogen) atoms. The van der Waals surface area contributed by atoms with Crippen LogP contribution in [0.4, 0.5) is 11.5 Å². The van der Waals surface area contributed by atoms with Crippen LogP contribution in [0.2, 0.25) is 0 Å². The molecular weight excluding hydrogens is 228 g/mol. The van der Waals surface area contributed by atoms with Gasteiger partial charge in [-0.2, -0.15) is 5.10 Å². The predicted molar refractivity (Wildman–Crippen MR) is 69.4 cm³/mol. The van der Waals surface area contributed by atoms with Crippen LogP contribution in [0.25, 0.3) is 0 Å². The lowest BCUT2D eigenvalue weighted by Gasteiger charge is -2.28. The van der Waals surface area contributed by atoms with Gasteiger partial charge in [-0.25, -0.2) is 0 Å². The fraction of sp³-hybridized carbons (Fsp3) is 0.231. The summed E-state index contributed by atoms with van der Waals surface area (Å²) in [6, 6.07) is 9.55. The van der Waals surface area contributed by atoms with Gasteiger partial charge in [0.05, 0.1) is 0 Å². The molecule has 5 heteroatoms. The van der Waals surface area contributed by atoms with Crippen LogP contribution in [0.5, 0.6) is 0 Å². The number of carbonyl (C=O) groups is 1. The molecule has 0 aliphatic carbocycles. The van der Waals surface area contributed by atoms with Crippen molar-refractivity contribution in [3.8, 4) is 0 Å². The van der Waals surface area contributed by atoms with E-state index in [4.69, 9.17) is 5.73 Å². The number of benzene rings is 1. The summed E-state index contributed by atoms with van der Waals surface area (Å²) in [5.41, 5.74) is 8.11. The number of hydrogen-bond donors (Lipinski definition) is 2. The quantitative estimate of drug-likeness (QED) is 0.797. The largest absolute Gasteiger partial charge is 0.384 e. The zero-order chi connectivity index (χ0) is 12.5. The number of fused-ring (bicyclic) bond motifs is 1. The van der Waals surface area contributed by atoms with E-state index in [1.54, 1.807) is 11.0 Å². The number of para-hydroxylation sites is 1. The lowest BCUT2D eigenvalue weighted by Crippen LogP contribution is -2.35. The molecule has 1 amide bonds. The van der Waals surface area contributed by atoms with Crippen molar-refractivity contribution in [2.75, 3.05) is 17.2 Å². The number of nitrogens with zero attached hydrogens (tertiary/aromatic N) is 2. The summed E-state index contributed by atoms with van der Waals surface area (Å²) in [5, 5.41) is 6.52. The number of nitrogen functional groups attached to an aromatic ring is 1. The Morgan fingerprint density at radius 3 is 3.00 bits per heavy atom. The van der Waals surface area contributed by atoms with Crippen molar-refractivity contribution in [3.63, 3.8) is 0 Å². The molecule has 2 heterocycles. The van der Waals surface area contributed by atoms with Crippen molar-refractivity contribution < 1.29 is 4.79 Å². The molecule has 1 aromatic heterocycles. The van der Waals surface area contributed by atoms with Gasteiger partial charge in [-0.1, -0.05) is 18.2 Å². The Balaban J connectivity index is 1.96. The summed E-state index contributed by atoms with van der Waals surface area (Å²) in [7, 11) is 0. The summed E-state index contributed by atoms with van der Waals surface area (Å²) < 4.78 is 0. The molecule has 1 aromatic carbocycles. The van der Waals surface area contributed by atoms with Crippen molar-refractivity contribution in [1.29, 1.82) is 0 Å². The first kappa shape index (κ1) is 10.8. The molecule has 0 radical (unpaired) electrons. The molecule has 0 unspecified atom stereocenters. The lowest BCUT2D eigenvalue weighted by atomic mass is 10.0. The topological polar surface area (TPSA) is 75.0 Å². The SMILES string of the molecule is Nc1cc(C(=O)N2CCCc3ccccc32)n[nH]1. The summed E-state index contributed by atoms with van der Waals surface area (Å²) in [6.45, 7) is 0.725. The van der Waals surface area contributed by atoms with Gasteiger partial charge in [-0.05, 0) is 24.5 Å². The molecule has 1 aliphatic heterocycles. The van der Waals surface area contributed by atoms with Crippen LogP contribution in [0.3, 0.4) is 0 Å². The minimum Gasteiger partial charge on any atom is -0.384 e. The van der Waals surface area contributed by atoms with Gasteiger partial charge >= 0.3 is 0 Å². The number of nitrogens with two attached hydrogens (primary N) is 1. The van der Waals surface area contributed by atoms with E-state index in [2.05, 4.69) is 16.3 Å². The molecule has 0 bridgehead atoms. The Morgan fingerprint density at radius 2 is 2.22 bits per heavy atom. The first-order chi connectivity index (χ1) is 8.75. The van der Waals surface area contributed by atoms with Crippen LogP contribution in [-0.2, 0) is 6.42 Å². The number of nitrogens with one attached hydrogen (secondary N) is 1. The molecule has 3 rings (SSSR count). The van der Waals surface area contributed by atoms with Gasteiger partial charge in [0.15, 0.2) is 5.69 Å². The summed E-state index contributed by atoms with van der Waals surface area (Å²) in [5.74, 6) is 0.304. The first-order valence-corrected chi connectivity index (χ1v) is 5.96. The molecule has 5 nitrogen and oxygen atoms in total. The van der Waals surface area contributed by atoms with Crippen LogP contribution in [-0.4, -0.2) is 22.6 Å². The highest BCUT2D eigenvalue weighted by Crippen LogP contribution is 2.27. The second-order valence-corrected chi connectivity index (χ2v) is 4.40. The summed E-state index contributed by atoms with van der Waals surface area (Å²) in [4.78, 5) is 14.1. The third-order valence-corrected chi connectivity index (χ3v) is 3.17. The molecule has 0 saturated carbocycles. The van der Waals surface area contributed by atoms with Crippen LogP contribution < -0.4 is 10.6 Å². The maximum absolute atomic E-state index is 12.4. The second-order valence-electron chi connectivity index (χ2n) is 4.40. The molecule has 0 saturated heterocycles. The van der Waals surface area contributed by atoms with E-state index in [0.717, 1.165) is 25.1 Å². The Morgan fingerprint density at radius 1 is 1.39 bits per heavy atom. The van der Waals surface area contributed by atoms with Crippen molar-refractivity contribution >= 4 is 17.4 Å². The average Bonchev–Trinajstić information content (AvgIpc) is 2.84. The van der Waals surface area contributed by atoms with Crippen molar-refractivity contribution in [1.82, 2.24) is 10.2 Å². The van der Waals surface area contributed by atoms with Gasteiger partial charge < -0.3 is 10.6 Å². The van der Waals surface area contributed by atoms with E-state index in [9.17, 15) is 4.79 Å². The van der Waals surface area contributed by atoms with Crippen LogP contribution in [0.1, 0.15) is 22.5 Å². The van der Waals surface area contributed by atoms with E-state index in [1.807, 2.05) is 18.2 Å². The maximum atomic E-state index is 12.4. The molecule has 92 valence electrons. The van der Waals surface area contributed by atoms with Crippen LogP contribution >= 0.6 is 0 Å². The molecule has 1 aliphatic rings. The highest BCUT2D eigenvalue weighted by Gasteiger charge is 2.24. The Labute approximate surface area is 105 Å². The number of aryl methyl sites for hydroxylation is 1. The molecule has 2 aromatic rings. The zero-order valence-corrected chi connectivity index (χ0v) is 9.89. The Kier molecular flexibility index (Phi) is 2.51. The highest BCUT2D eigenvalue weighted by molar-refractivity contribution is 6.05. The number of amides is 1. The van der Waals surface area contributed by atoms with E-state index in [-0.39, 0.29) is 5.91 Å².